The summed E-state index contributed by atoms with van der Waals surface area (Å²) in [6, 6.07) is 43.1. The highest BCUT2D eigenvalue weighted by Crippen LogP contribution is 2.36. The number of benzene rings is 7. The van der Waals surface area contributed by atoms with E-state index in [1.807, 2.05) is 0 Å². The third-order valence-electron chi connectivity index (χ3n) is 9.50. The Kier molecular flexibility index (Phi) is 6.70. The van der Waals surface area contributed by atoms with Crippen molar-refractivity contribution in [2.75, 3.05) is 0 Å². The predicted octanol–water partition coefficient (Wildman–Crippen LogP) is 9.18. The lowest BCUT2D eigenvalue weighted by molar-refractivity contribution is 1.34. The standard InChI is InChI=1S/C42H37B/c1-26-21-28(3)41(29(4)22-26)43(39-20-12-16-32-13-9-10-18-36(32)39)42-30(5)23-27(2)40(31(42)6)37-19-11-17-35-24-33-14-7-8-15-34(33)25-38(35)37/h7-25H,1-6H3. The minimum absolute atomic E-state index is 0.113. The highest BCUT2D eigenvalue weighted by Gasteiger charge is 2.31. The van der Waals surface area contributed by atoms with E-state index in [4.69, 9.17) is 0 Å². The van der Waals surface area contributed by atoms with E-state index >= 15 is 0 Å². The van der Waals surface area contributed by atoms with Gasteiger partial charge in [-0.1, -0.05) is 142 Å². The van der Waals surface area contributed by atoms with Crippen molar-refractivity contribution >= 4 is 55.4 Å². The first-order chi connectivity index (χ1) is 20.8. The molecule has 0 saturated heterocycles. The monoisotopic (exact) mass is 552 g/mol. The maximum Gasteiger partial charge on any atom is 0.243 e. The number of hydrogen-bond acceptors (Lipinski definition) is 0. The van der Waals surface area contributed by atoms with Crippen molar-refractivity contribution < 1.29 is 0 Å². The molecule has 7 aromatic carbocycles. The SMILES string of the molecule is Cc1cc(C)c(B(c2c(C)cc(C)c(-c3cccc4cc5ccccc5cc34)c2C)c2cccc3ccccc23)c(C)c1. The molecule has 7 aromatic rings. The van der Waals surface area contributed by atoms with Crippen molar-refractivity contribution in [3.05, 3.63) is 149 Å². The van der Waals surface area contributed by atoms with Gasteiger partial charge in [-0.15, -0.1) is 0 Å². The summed E-state index contributed by atoms with van der Waals surface area (Å²) in [7, 11) is 0. The number of aryl methyl sites for hydroxylation is 5. The Morgan fingerprint density at radius 2 is 1.00 bits per heavy atom. The fraction of sp³-hybridized carbons (Fsp3) is 0.143. The zero-order valence-corrected chi connectivity index (χ0v) is 26.0. The molecule has 0 amide bonds. The van der Waals surface area contributed by atoms with Crippen molar-refractivity contribution in [1.29, 1.82) is 0 Å². The molecule has 0 saturated carbocycles. The number of fused-ring (bicyclic) bond motifs is 3. The van der Waals surface area contributed by atoms with E-state index in [0.717, 1.165) is 0 Å². The molecule has 0 spiro atoms. The van der Waals surface area contributed by atoms with Crippen molar-refractivity contribution in [2.45, 2.75) is 41.5 Å². The van der Waals surface area contributed by atoms with Gasteiger partial charge in [0.15, 0.2) is 0 Å². The van der Waals surface area contributed by atoms with Gasteiger partial charge in [0.2, 0.25) is 6.71 Å². The first-order valence-corrected chi connectivity index (χ1v) is 15.4. The van der Waals surface area contributed by atoms with Crippen molar-refractivity contribution in [2.24, 2.45) is 0 Å². The summed E-state index contributed by atoms with van der Waals surface area (Å²) in [5.74, 6) is 0. The lowest BCUT2D eigenvalue weighted by Gasteiger charge is -2.27. The van der Waals surface area contributed by atoms with Gasteiger partial charge in [-0.05, 0) is 108 Å². The van der Waals surface area contributed by atoms with Crippen LogP contribution in [0.4, 0.5) is 0 Å². The smallest absolute Gasteiger partial charge is 0.0663 e. The fourth-order valence-electron chi connectivity index (χ4n) is 7.85. The summed E-state index contributed by atoms with van der Waals surface area (Å²) >= 11 is 0. The molecule has 0 atom stereocenters. The van der Waals surface area contributed by atoms with E-state index in [2.05, 4.69) is 157 Å². The maximum atomic E-state index is 2.43. The minimum atomic E-state index is 0.113. The molecular formula is C42H37B. The Morgan fingerprint density at radius 1 is 0.419 bits per heavy atom. The molecule has 0 aliphatic carbocycles. The highest BCUT2D eigenvalue weighted by molar-refractivity contribution is 6.98. The van der Waals surface area contributed by atoms with Gasteiger partial charge in [0.1, 0.15) is 0 Å². The lowest BCUT2D eigenvalue weighted by atomic mass is 9.33. The summed E-state index contributed by atoms with van der Waals surface area (Å²) in [4.78, 5) is 0. The molecule has 0 unspecified atom stereocenters. The Morgan fingerprint density at radius 3 is 1.74 bits per heavy atom. The highest BCUT2D eigenvalue weighted by atomic mass is 14.2. The largest absolute Gasteiger partial charge is 0.243 e. The summed E-state index contributed by atoms with van der Waals surface area (Å²) in [5, 5.41) is 7.78. The lowest BCUT2D eigenvalue weighted by Crippen LogP contribution is -2.56. The second-order valence-corrected chi connectivity index (χ2v) is 12.5. The summed E-state index contributed by atoms with van der Waals surface area (Å²) in [6.07, 6.45) is 0. The number of rotatable bonds is 4. The van der Waals surface area contributed by atoms with Crippen LogP contribution in [0.3, 0.4) is 0 Å². The van der Waals surface area contributed by atoms with Gasteiger partial charge in [-0.3, -0.25) is 0 Å². The van der Waals surface area contributed by atoms with Crippen LogP contribution in [0.15, 0.2) is 115 Å². The first-order valence-electron chi connectivity index (χ1n) is 15.4. The summed E-state index contributed by atoms with van der Waals surface area (Å²) in [5.41, 5.74) is 15.0. The molecule has 0 fully saturated rings. The molecule has 0 aliphatic heterocycles. The van der Waals surface area contributed by atoms with Crippen molar-refractivity contribution in [1.82, 2.24) is 0 Å². The van der Waals surface area contributed by atoms with Crippen LogP contribution in [0.5, 0.6) is 0 Å². The molecule has 1 heteroatoms. The molecule has 7 rings (SSSR count). The molecule has 0 aromatic heterocycles. The Labute approximate surface area is 256 Å². The second kappa shape index (κ2) is 10.6. The fourth-order valence-corrected chi connectivity index (χ4v) is 7.85. The van der Waals surface area contributed by atoms with E-state index in [-0.39, 0.29) is 6.71 Å². The Balaban J connectivity index is 1.57. The zero-order chi connectivity index (χ0) is 29.8. The molecule has 0 nitrogen and oxygen atoms in total. The maximum absolute atomic E-state index is 2.43. The van der Waals surface area contributed by atoms with Gasteiger partial charge >= 0.3 is 0 Å². The van der Waals surface area contributed by atoms with E-state index in [1.54, 1.807) is 0 Å². The van der Waals surface area contributed by atoms with Crippen LogP contribution < -0.4 is 16.4 Å². The molecule has 0 aliphatic rings. The molecular weight excluding hydrogens is 515 g/mol. The third kappa shape index (κ3) is 4.55. The normalized spacial score (nSPS) is 11.5. The van der Waals surface area contributed by atoms with Crippen LogP contribution in [0.1, 0.15) is 33.4 Å². The van der Waals surface area contributed by atoms with Gasteiger partial charge < -0.3 is 0 Å². The van der Waals surface area contributed by atoms with Crippen LogP contribution in [0.2, 0.25) is 0 Å². The van der Waals surface area contributed by atoms with E-state index in [9.17, 15) is 0 Å². The van der Waals surface area contributed by atoms with Crippen LogP contribution in [0, 0.1) is 41.5 Å². The third-order valence-corrected chi connectivity index (χ3v) is 9.50. The quantitative estimate of drug-likeness (QED) is 0.151. The summed E-state index contributed by atoms with van der Waals surface area (Å²) in [6.45, 7) is 13.9. The van der Waals surface area contributed by atoms with Crippen LogP contribution in [-0.4, -0.2) is 6.71 Å². The van der Waals surface area contributed by atoms with E-state index in [0.29, 0.717) is 0 Å². The molecule has 0 heterocycles. The van der Waals surface area contributed by atoms with Crippen LogP contribution in [-0.2, 0) is 0 Å². The average Bonchev–Trinajstić information content (AvgIpc) is 2.98. The summed E-state index contributed by atoms with van der Waals surface area (Å²) < 4.78 is 0. The topological polar surface area (TPSA) is 0 Å². The molecule has 208 valence electrons. The van der Waals surface area contributed by atoms with E-state index in [1.165, 1.54) is 93.2 Å². The van der Waals surface area contributed by atoms with Crippen molar-refractivity contribution in [3.8, 4) is 11.1 Å². The van der Waals surface area contributed by atoms with Crippen molar-refractivity contribution in [3.63, 3.8) is 0 Å². The second-order valence-electron chi connectivity index (χ2n) is 12.5. The van der Waals surface area contributed by atoms with E-state index < -0.39 is 0 Å². The Hall–Kier alpha value is -4.62. The molecule has 0 N–H and O–H groups in total. The van der Waals surface area contributed by atoms with Gasteiger partial charge in [0, 0.05) is 0 Å². The van der Waals surface area contributed by atoms with Gasteiger partial charge in [0.25, 0.3) is 0 Å². The first kappa shape index (κ1) is 27.2. The van der Waals surface area contributed by atoms with Gasteiger partial charge in [0.05, 0.1) is 0 Å². The molecule has 0 bridgehead atoms. The average molecular weight is 553 g/mol. The minimum Gasteiger partial charge on any atom is -0.0663 e. The molecule has 0 radical (unpaired) electrons. The van der Waals surface area contributed by atoms with Crippen LogP contribution >= 0.6 is 0 Å². The number of hydrogen-bond donors (Lipinski definition) is 0. The predicted molar refractivity (Wildman–Crippen MR) is 190 cm³/mol. The van der Waals surface area contributed by atoms with Gasteiger partial charge in [-0.2, -0.15) is 0 Å². The van der Waals surface area contributed by atoms with Crippen LogP contribution in [0.25, 0.3) is 43.4 Å². The Bertz CT molecular complexity index is 2170. The zero-order valence-electron chi connectivity index (χ0n) is 26.0. The van der Waals surface area contributed by atoms with Gasteiger partial charge in [-0.25, -0.2) is 0 Å². The molecule has 43 heavy (non-hydrogen) atoms.